The molecule has 6 heteroatoms. The van der Waals surface area contributed by atoms with Crippen LogP contribution < -0.4 is 14.2 Å². The SMILES string of the molecule is COc1cc(CC2C(=O)OCC2Cc2ccc(OC)c(OC)c2)ccc1O. The molecule has 3 rings (SSSR count). The quantitative estimate of drug-likeness (QED) is 0.753. The van der Waals surface area contributed by atoms with Gasteiger partial charge in [0.05, 0.1) is 33.9 Å². The highest BCUT2D eigenvalue weighted by atomic mass is 16.5. The molecular formula is C21H24O6. The maximum absolute atomic E-state index is 12.3. The van der Waals surface area contributed by atoms with Crippen LogP contribution >= 0.6 is 0 Å². The molecule has 27 heavy (non-hydrogen) atoms. The number of hydrogen-bond acceptors (Lipinski definition) is 6. The van der Waals surface area contributed by atoms with Crippen LogP contribution in [0.2, 0.25) is 0 Å². The molecule has 1 aliphatic rings. The van der Waals surface area contributed by atoms with Crippen LogP contribution in [0.25, 0.3) is 0 Å². The molecule has 0 bridgehead atoms. The number of phenols is 1. The van der Waals surface area contributed by atoms with Crippen LogP contribution in [0.5, 0.6) is 23.0 Å². The fourth-order valence-electron chi connectivity index (χ4n) is 3.47. The lowest BCUT2D eigenvalue weighted by atomic mass is 9.85. The summed E-state index contributed by atoms with van der Waals surface area (Å²) in [5.74, 6) is 1.45. The number of cyclic esters (lactones) is 1. The lowest BCUT2D eigenvalue weighted by molar-refractivity contribution is -0.141. The minimum Gasteiger partial charge on any atom is -0.504 e. The third kappa shape index (κ3) is 4.10. The molecule has 2 aromatic carbocycles. The van der Waals surface area contributed by atoms with Crippen molar-refractivity contribution >= 4 is 5.97 Å². The van der Waals surface area contributed by atoms with Crippen molar-refractivity contribution in [3.05, 3.63) is 47.5 Å². The molecule has 0 saturated carbocycles. The number of hydrogen-bond donors (Lipinski definition) is 1. The van der Waals surface area contributed by atoms with E-state index in [1.54, 1.807) is 32.4 Å². The maximum Gasteiger partial charge on any atom is 0.309 e. The van der Waals surface area contributed by atoms with Crippen molar-refractivity contribution < 1.29 is 28.8 Å². The standard InChI is InChI=1S/C21H24O6/c1-24-18-7-5-13(11-20(18)26-3)8-15-12-27-21(23)16(15)9-14-4-6-17(22)19(10-14)25-2/h4-7,10-11,15-16,22H,8-9,12H2,1-3H3. The van der Waals surface area contributed by atoms with Gasteiger partial charge >= 0.3 is 5.97 Å². The Balaban J connectivity index is 1.76. The summed E-state index contributed by atoms with van der Waals surface area (Å²) in [5, 5.41) is 9.75. The van der Waals surface area contributed by atoms with Gasteiger partial charge in [0.15, 0.2) is 23.0 Å². The van der Waals surface area contributed by atoms with E-state index in [0.717, 1.165) is 11.1 Å². The maximum atomic E-state index is 12.3. The summed E-state index contributed by atoms with van der Waals surface area (Å²) in [6.07, 6.45) is 1.24. The van der Waals surface area contributed by atoms with E-state index in [4.69, 9.17) is 18.9 Å². The minimum atomic E-state index is -0.243. The summed E-state index contributed by atoms with van der Waals surface area (Å²) >= 11 is 0. The molecule has 1 saturated heterocycles. The third-order valence-corrected chi connectivity index (χ3v) is 4.96. The van der Waals surface area contributed by atoms with Gasteiger partial charge in [-0.3, -0.25) is 4.79 Å². The number of methoxy groups -OCH3 is 3. The van der Waals surface area contributed by atoms with Gasteiger partial charge in [0.25, 0.3) is 0 Å². The first-order chi connectivity index (χ1) is 13.0. The van der Waals surface area contributed by atoms with Crippen molar-refractivity contribution in [2.75, 3.05) is 27.9 Å². The molecule has 2 atom stereocenters. The van der Waals surface area contributed by atoms with E-state index in [1.807, 2.05) is 18.2 Å². The lowest BCUT2D eigenvalue weighted by Gasteiger charge is -2.17. The van der Waals surface area contributed by atoms with E-state index < -0.39 is 0 Å². The Bertz CT molecular complexity index is 816. The second-order valence-corrected chi connectivity index (χ2v) is 6.60. The molecule has 2 unspecified atom stereocenters. The summed E-state index contributed by atoms with van der Waals surface area (Å²) < 4.78 is 21.1. The predicted molar refractivity (Wildman–Crippen MR) is 99.6 cm³/mol. The first-order valence-corrected chi connectivity index (χ1v) is 8.79. The van der Waals surface area contributed by atoms with E-state index in [-0.39, 0.29) is 23.6 Å². The monoisotopic (exact) mass is 372 g/mol. The number of carbonyl (C=O) groups is 1. The molecule has 0 amide bonds. The lowest BCUT2D eigenvalue weighted by Crippen LogP contribution is -2.20. The van der Waals surface area contributed by atoms with Crippen molar-refractivity contribution in [1.82, 2.24) is 0 Å². The van der Waals surface area contributed by atoms with Crippen LogP contribution in [0.4, 0.5) is 0 Å². The molecular weight excluding hydrogens is 348 g/mol. The Morgan fingerprint density at radius 3 is 2.26 bits per heavy atom. The van der Waals surface area contributed by atoms with Crippen LogP contribution in [-0.4, -0.2) is 39.0 Å². The van der Waals surface area contributed by atoms with E-state index in [1.165, 1.54) is 7.11 Å². The zero-order valence-electron chi connectivity index (χ0n) is 15.7. The Morgan fingerprint density at radius 1 is 0.926 bits per heavy atom. The second-order valence-electron chi connectivity index (χ2n) is 6.60. The first-order valence-electron chi connectivity index (χ1n) is 8.79. The number of rotatable bonds is 7. The topological polar surface area (TPSA) is 74.2 Å². The van der Waals surface area contributed by atoms with E-state index in [2.05, 4.69) is 0 Å². The van der Waals surface area contributed by atoms with Crippen molar-refractivity contribution in [1.29, 1.82) is 0 Å². The van der Waals surface area contributed by atoms with Crippen molar-refractivity contribution in [2.45, 2.75) is 12.8 Å². The summed E-state index contributed by atoms with van der Waals surface area (Å²) in [6.45, 7) is 0.396. The zero-order chi connectivity index (χ0) is 19.4. The minimum absolute atomic E-state index is 0.0652. The van der Waals surface area contributed by atoms with Crippen LogP contribution in [-0.2, 0) is 22.4 Å². The van der Waals surface area contributed by atoms with Gasteiger partial charge in [0.1, 0.15) is 0 Å². The smallest absolute Gasteiger partial charge is 0.309 e. The number of carbonyl (C=O) groups excluding carboxylic acids is 1. The number of benzene rings is 2. The average Bonchev–Trinajstić information content (AvgIpc) is 3.02. The van der Waals surface area contributed by atoms with E-state index in [9.17, 15) is 9.90 Å². The summed E-state index contributed by atoms with van der Waals surface area (Å²) in [4.78, 5) is 12.3. The molecule has 2 aromatic rings. The molecule has 0 radical (unpaired) electrons. The van der Waals surface area contributed by atoms with Crippen LogP contribution in [0.15, 0.2) is 36.4 Å². The first kappa shape index (κ1) is 18.9. The van der Waals surface area contributed by atoms with Gasteiger partial charge in [-0.05, 0) is 48.2 Å². The summed E-state index contributed by atoms with van der Waals surface area (Å²) in [6, 6.07) is 10.9. The molecule has 1 heterocycles. The Hall–Kier alpha value is -2.89. The van der Waals surface area contributed by atoms with Gasteiger partial charge in [-0.15, -0.1) is 0 Å². The molecule has 0 aliphatic carbocycles. The van der Waals surface area contributed by atoms with Crippen LogP contribution in [0.1, 0.15) is 11.1 Å². The zero-order valence-corrected chi connectivity index (χ0v) is 15.7. The third-order valence-electron chi connectivity index (χ3n) is 4.96. The molecule has 0 aromatic heterocycles. The van der Waals surface area contributed by atoms with E-state index >= 15 is 0 Å². The number of esters is 1. The normalized spacial score (nSPS) is 18.9. The molecule has 1 aliphatic heterocycles. The Morgan fingerprint density at radius 2 is 1.56 bits per heavy atom. The highest BCUT2D eigenvalue weighted by Gasteiger charge is 2.37. The number of phenolic OH excluding ortho intramolecular Hbond substituents is 1. The predicted octanol–water partition coefficient (Wildman–Crippen LogP) is 2.99. The number of aromatic hydroxyl groups is 1. The van der Waals surface area contributed by atoms with Gasteiger partial charge in [-0.2, -0.15) is 0 Å². The van der Waals surface area contributed by atoms with Gasteiger partial charge < -0.3 is 24.1 Å². The van der Waals surface area contributed by atoms with Crippen LogP contribution in [0.3, 0.4) is 0 Å². The summed E-state index contributed by atoms with van der Waals surface area (Å²) in [5.41, 5.74) is 1.98. The Kier molecular flexibility index (Phi) is 5.74. The van der Waals surface area contributed by atoms with E-state index in [0.29, 0.717) is 36.7 Å². The largest absolute Gasteiger partial charge is 0.504 e. The van der Waals surface area contributed by atoms with Gasteiger partial charge in [-0.1, -0.05) is 12.1 Å². The van der Waals surface area contributed by atoms with Crippen molar-refractivity contribution in [2.24, 2.45) is 11.8 Å². The fourth-order valence-corrected chi connectivity index (χ4v) is 3.47. The fraction of sp³-hybridized carbons (Fsp3) is 0.381. The molecule has 6 nitrogen and oxygen atoms in total. The van der Waals surface area contributed by atoms with Gasteiger partial charge in [0, 0.05) is 5.92 Å². The van der Waals surface area contributed by atoms with Gasteiger partial charge in [-0.25, -0.2) is 0 Å². The molecule has 1 N–H and O–H groups in total. The average molecular weight is 372 g/mol. The molecule has 144 valence electrons. The van der Waals surface area contributed by atoms with Crippen LogP contribution in [0, 0.1) is 11.8 Å². The number of ether oxygens (including phenoxy) is 4. The molecule has 0 spiro atoms. The van der Waals surface area contributed by atoms with Crippen molar-refractivity contribution in [3.63, 3.8) is 0 Å². The molecule has 1 fully saturated rings. The van der Waals surface area contributed by atoms with Gasteiger partial charge in [0.2, 0.25) is 0 Å². The Labute approximate surface area is 158 Å². The highest BCUT2D eigenvalue weighted by molar-refractivity contribution is 5.75. The highest BCUT2D eigenvalue weighted by Crippen LogP contribution is 2.34. The van der Waals surface area contributed by atoms with Crippen molar-refractivity contribution in [3.8, 4) is 23.0 Å². The second kappa shape index (κ2) is 8.20. The summed E-state index contributed by atoms with van der Waals surface area (Å²) in [7, 11) is 4.70.